The summed E-state index contributed by atoms with van der Waals surface area (Å²) >= 11 is 1.56. The molecule has 3 aromatic heterocycles. The Labute approximate surface area is 179 Å². The van der Waals surface area contributed by atoms with Crippen LogP contribution in [0.4, 0.5) is 0 Å². The van der Waals surface area contributed by atoms with E-state index in [9.17, 15) is 4.79 Å². The molecule has 5 rings (SSSR count). The zero-order valence-electron chi connectivity index (χ0n) is 16.7. The summed E-state index contributed by atoms with van der Waals surface area (Å²) in [5, 5.41) is 7.78. The fraction of sp³-hybridized carbons (Fsp3) is 0.455. The van der Waals surface area contributed by atoms with Crippen LogP contribution in [0, 0.1) is 0 Å². The second kappa shape index (κ2) is 8.65. The summed E-state index contributed by atoms with van der Waals surface area (Å²) in [6.45, 7) is 0.824. The Morgan fingerprint density at radius 3 is 2.83 bits per heavy atom. The standard InChI is InChI=1S/C22H25N5O2S/c28-22(21-8-7-20(30-21)19-2-1-11-29-19)26-16-3-5-17(6-4-16)27-13-15(12-25-27)18-9-10-23-14-24-18/h7-10,12-14,16-17,19H,1-6,11H2,(H,26,28). The molecule has 1 atom stereocenters. The molecule has 1 unspecified atom stereocenters. The van der Waals surface area contributed by atoms with Crippen molar-refractivity contribution >= 4 is 17.2 Å². The fourth-order valence-electron chi connectivity index (χ4n) is 4.32. The molecule has 3 aromatic rings. The number of carbonyl (C=O) groups excluding carboxylic acids is 1. The zero-order chi connectivity index (χ0) is 20.3. The van der Waals surface area contributed by atoms with Gasteiger partial charge in [-0.25, -0.2) is 9.97 Å². The molecule has 0 spiro atoms. The number of hydrogen-bond donors (Lipinski definition) is 1. The second-order valence-corrected chi connectivity index (χ2v) is 9.10. The zero-order valence-corrected chi connectivity index (χ0v) is 17.6. The van der Waals surface area contributed by atoms with Crippen molar-refractivity contribution < 1.29 is 9.53 Å². The second-order valence-electron chi connectivity index (χ2n) is 7.99. The summed E-state index contributed by atoms with van der Waals surface area (Å²) in [7, 11) is 0. The van der Waals surface area contributed by atoms with Crippen molar-refractivity contribution in [1.29, 1.82) is 0 Å². The summed E-state index contributed by atoms with van der Waals surface area (Å²) in [5.74, 6) is 0.0397. The van der Waals surface area contributed by atoms with Gasteiger partial charge in [-0.05, 0) is 56.7 Å². The molecule has 0 aromatic carbocycles. The minimum absolute atomic E-state index is 0.0397. The third kappa shape index (κ3) is 4.15. The predicted molar refractivity (Wildman–Crippen MR) is 114 cm³/mol. The molecule has 0 radical (unpaired) electrons. The summed E-state index contributed by atoms with van der Waals surface area (Å²) in [6, 6.07) is 6.45. The molecule has 30 heavy (non-hydrogen) atoms. The van der Waals surface area contributed by atoms with Gasteiger partial charge in [0, 0.05) is 35.5 Å². The van der Waals surface area contributed by atoms with Crippen molar-refractivity contribution in [3.63, 3.8) is 0 Å². The quantitative estimate of drug-likeness (QED) is 0.666. The van der Waals surface area contributed by atoms with Gasteiger partial charge < -0.3 is 10.1 Å². The van der Waals surface area contributed by atoms with Crippen LogP contribution >= 0.6 is 11.3 Å². The van der Waals surface area contributed by atoms with Crippen LogP contribution in [0.5, 0.6) is 0 Å². The van der Waals surface area contributed by atoms with Gasteiger partial charge in [-0.15, -0.1) is 11.3 Å². The molecule has 2 fully saturated rings. The first-order chi connectivity index (χ1) is 14.8. The van der Waals surface area contributed by atoms with Gasteiger partial charge in [-0.2, -0.15) is 5.10 Å². The van der Waals surface area contributed by atoms with Crippen LogP contribution in [-0.2, 0) is 4.74 Å². The van der Waals surface area contributed by atoms with E-state index < -0.39 is 0 Å². The third-order valence-electron chi connectivity index (χ3n) is 5.98. The van der Waals surface area contributed by atoms with Gasteiger partial charge >= 0.3 is 0 Å². The molecular weight excluding hydrogens is 398 g/mol. The molecule has 4 heterocycles. The molecule has 1 aliphatic carbocycles. The largest absolute Gasteiger partial charge is 0.373 e. The Balaban J connectivity index is 1.15. The lowest BCUT2D eigenvalue weighted by atomic mass is 9.91. The first-order valence-electron chi connectivity index (χ1n) is 10.6. The number of rotatable bonds is 5. The van der Waals surface area contributed by atoms with E-state index in [2.05, 4.69) is 26.6 Å². The van der Waals surface area contributed by atoms with Crippen LogP contribution in [-0.4, -0.2) is 38.3 Å². The van der Waals surface area contributed by atoms with Gasteiger partial charge in [0.25, 0.3) is 5.91 Å². The number of thiophene rings is 1. The molecule has 2 aliphatic rings. The highest BCUT2D eigenvalue weighted by Gasteiger charge is 2.26. The van der Waals surface area contributed by atoms with Crippen molar-refractivity contribution in [2.75, 3.05) is 6.61 Å². The Morgan fingerprint density at radius 1 is 1.17 bits per heavy atom. The monoisotopic (exact) mass is 423 g/mol. The highest BCUT2D eigenvalue weighted by molar-refractivity contribution is 7.14. The molecule has 0 bridgehead atoms. The number of nitrogens with zero attached hydrogens (tertiary/aromatic N) is 4. The predicted octanol–water partition coefficient (Wildman–Crippen LogP) is 4.17. The van der Waals surface area contributed by atoms with E-state index in [0.717, 1.165) is 61.3 Å². The minimum Gasteiger partial charge on any atom is -0.373 e. The molecule has 7 nitrogen and oxygen atoms in total. The fourth-order valence-corrected chi connectivity index (χ4v) is 5.32. The van der Waals surface area contributed by atoms with Crippen molar-refractivity contribution in [3.8, 4) is 11.3 Å². The van der Waals surface area contributed by atoms with Crippen molar-refractivity contribution in [2.45, 2.75) is 56.7 Å². The van der Waals surface area contributed by atoms with E-state index in [4.69, 9.17) is 4.74 Å². The van der Waals surface area contributed by atoms with Crippen molar-refractivity contribution in [1.82, 2.24) is 25.1 Å². The molecule has 1 saturated heterocycles. The number of amides is 1. The topological polar surface area (TPSA) is 81.9 Å². The molecule has 1 amide bonds. The van der Waals surface area contributed by atoms with E-state index in [-0.39, 0.29) is 18.1 Å². The normalized spacial score (nSPS) is 24.1. The van der Waals surface area contributed by atoms with E-state index in [0.29, 0.717) is 6.04 Å². The van der Waals surface area contributed by atoms with Gasteiger partial charge in [0.05, 0.1) is 28.9 Å². The summed E-state index contributed by atoms with van der Waals surface area (Å²) < 4.78 is 7.77. The Hall–Kier alpha value is -2.58. The first-order valence-corrected chi connectivity index (χ1v) is 11.4. The van der Waals surface area contributed by atoms with Gasteiger partial charge in [-0.3, -0.25) is 9.48 Å². The highest BCUT2D eigenvalue weighted by Crippen LogP contribution is 2.34. The molecule has 1 N–H and O–H groups in total. The van der Waals surface area contributed by atoms with E-state index in [1.165, 1.54) is 4.88 Å². The van der Waals surface area contributed by atoms with Crippen molar-refractivity contribution in [2.24, 2.45) is 0 Å². The SMILES string of the molecule is O=C(NC1CCC(n2cc(-c3ccncn3)cn2)CC1)c1ccc(C2CCCO2)s1. The van der Waals surface area contributed by atoms with Crippen molar-refractivity contribution in [3.05, 3.63) is 52.9 Å². The van der Waals surface area contributed by atoms with Crippen LogP contribution in [0.3, 0.4) is 0 Å². The third-order valence-corrected chi connectivity index (χ3v) is 7.16. The maximum Gasteiger partial charge on any atom is 0.261 e. The first kappa shape index (κ1) is 19.4. The smallest absolute Gasteiger partial charge is 0.261 e. The highest BCUT2D eigenvalue weighted by atomic mass is 32.1. The average Bonchev–Trinajstić information content (AvgIpc) is 3.56. The Morgan fingerprint density at radius 2 is 2.07 bits per heavy atom. The van der Waals surface area contributed by atoms with Crippen LogP contribution in [0.25, 0.3) is 11.3 Å². The maximum absolute atomic E-state index is 12.7. The Bertz CT molecular complexity index is 988. The number of aromatic nitrogens is 4. The van der Waals surface area contributed by atoms with Crippen LogP contribution in [0.2, 0.25) is 0 Å². The molecule has 8 heteroatoms. The lowest BCUT2D eigenvalue weighted by Crippen LogP contribution is -2.37. The number of nitrogens with one attached hydrogen (secondary N) is 1. The molecular formula is C22H25N5O2S. The van der Waals surface area contributed by atoms with Gasteiger partial charge in [0.2, 0.25) is 0 Å². The summed E-state index contributed by atoms with van der Waals surface area (Å²) in [6.07, 6.45) is 13.5. The van der Waals surface area contributed by atoms with Crippen LogP contribution in [0.15, 0.2) is 43.1 Å². The Kier molecular flexibility index (Phi) is 5.59. The lowest BCUT2D eigenvalue weighted by molar-refractivity contribution is 0.0926. The summed E-state index contributed by atoms with van der Waals surface area (Å²) in [5.41, 5.74) is 1.89. The van der Waals surface area contributed by atoms with E-state index in [1.807, 2.05) is 29.1 Å². The lowest BCUT2D eigenvalue weighted by Gasteiger charge is -2.29. The number of hydrogen-bond acceptors (Lipinski definition) is 6. The molecule has 1 saturated carbocycles. The van der Waals surface area contributed by atoms with Gasteiger partial charge in [-0.1, -0.05) is 0 Å². The minimum atomic E-state index is 0.0397. The van der Waals surface area contributed by atoms with Crippen LogP contribution in [0.1, 0.15) is 65.2 Å². The van der Waals surface area contributed by atoms with Crippen LogP contribution < -0.4 is 5.32 Å². The van der Waals surface area contributed by atoms with E-state index in [1.54, 1.807) is 23.9 Å². The van der Waals surface area contributed by atoms with Gasteiger partial charge in [0.15, 0.2) is 0 Å². The summed E-state index contributed by atoms with van der Waals surface area (Å²) in [4.78, 5) is 22.9. The van der Waals surface area contributed by atoms with Gasteiger partial charge in [0.1, 0.15) is 6.33 Å². The maximum atomic E-state index is 12.7. The number of ether oxygens (including phenoxy) is 1. The van der Waals surface area contributed by atoms with E-state index >= 15 is 0 Å². The number of carbonyl (C=O) groups is 1. The molecule has 1 aliphatic heterocycles. The average molecular weight is 424 g/mol. The molecule has 156 valence electrons.